The molecule has 180 valence electrons. The molecule has 0 radical (unpaired) electrons. The number of amides is 3. The molecule has 1 saturated heterocycles. The number of fused-ring (bicyclic) bond motifs is 2. The largest absolute Gasteiger partial charge is 0.383 e. The lowest BCUT2D eigenvalue weighted by Crippen LogP contribution is -2.52. The average molecular weight is 474 g/mol. The average Bonchev–Trinajstić information content (AvgIpc) is 3.10. The van der Waals surface area contributed by atoms with Crippen LogP contribution in [0.25, 0.3) is 22.2 Å². The van der Waals surface area contributed by atoms with Crippen molar-refractivity contribution in [2.24, 2.45) is 5.41 Å². The predicted molar refractivity (Wildman–Crippen MR) is 131 cm³/mol. The van der Waals surface area contributed by atoms with Gasteiger partial charge in [0.05, 0.1) is 16.6 Å². The zero-order chi connectivity index (χ0) is 25.1. The number of nitrogens with two attached hydrogens (primary N) is 1. The van der Waals surface area contributed by atoms with Crippen molar-refractivity contribution < 1.29 is 14.4 Å². The third-order valence-electron chi connectivity index (χ3n) is 6.45. The summed E-state index contributed by atoms with van der Waals surface area (Å²) in [5.41, 5.74) is 9.41. The third kappa shape index (κ3) is 4.07. The number of hydrogen-bond acceptors (Lipinski definition) is 6. The van der Waals surface area contributed by atoms with E-state index in [4.69, 9.17) is 5.73 Å². The molecule has 3 aromatic rings. The number of benzene rings is 1. The molecule has 1 fully saturated rings. The lowest BCUT2D eigenvalue weighted by atomic mass is 9.96. The van der Waals surface area contributed by atoms with Gasteiger partial charge in [0, 0.05) is 42.9 Å². The van der Waals surface area contributed by atoms with E-state index in [0.29, 0.717) is 35.1 Å². The van der Waals surface area contributed by atoms with E-state index in [-0.39, 0.29) is 41.4 Å². The molecule has 2 aliphatic heterocycles. The second-order valence-electron chi connectivity index (χ2n) is 10.4. The van der Waals surface area contributed by atoms with Crippen molar-refractivity contribution in [2.45, 2.75) is 52.7 Å². The van der Waals surface area contributed by atoms with Crippen LogP contribution in [0.1, 0.15) is 49.5 Å². The number of carbonyl (C=O) groups is 3. The Morgan fingerprint density at radius 1 is 1.11 bits per heavy atom. The quantitative estimate of drug-likeness (QED) is 0.563. The number of nitrogens with zero attached hydrogens (tertiary/aromatic N) is 3. The van der Waals surface area contributed by atoms with Crippen molar-refractivity contribution in [3.05, 3.63) is 57.9 Å². The second kappa shape index (κ2) is 8.04. The van der Waals surface area contributed by atoms with Crippen molar-refractivity contribution in [1.82, 2.24) is 19.8 Å². The summed E-state index contributed by atoms with van der Waals surface area (Å²) >= 11 is 0. The van der Waals surface area contributed by atoms with Gasteiger partial charge in [-0.2, -0.15) is 0 Å². The molecule has 1 unspecified atom stereocenters. The summed E-state index contributed by atoms with van der Waals surface area (Å²) in [5, 5.41) is 2.71. The van der Waals surface area contributed by atoms with Crippen LogP contribution in [-0.4, -0.2) is 38.2 Å². The first-order valence-corrected chi connectivity index (χ1v) is 11.6. The molecule has 35 heavy (non-hydrogen) atoms. The summed E-state index contributed by atoms with van der Waals surface area (Å²) in [5.74, 6) is -0.829. The van der Waals surface area contributed by atoms with Crippen LogP contribution in [0.3, 0.4) is 0 Å². The molecule has 0 saturated carbocycles. The van der Waals surface area contributed by atoms with Crippen LogP contribution < -0.4 is 16.5 Å². The number of pyridine rings is 2. The van der Waals surface area contributed by atoms with Gasteiger partial charge >= 0.3 is 0 Å². The Bertz CT molecular complexity index is 1470. The SMILES string of the molecule is CC(C)(C)Cn1ccc(=O)c2c(N)nc(-c3ccc4c(c3)CN(C3CCC(=O)NC3=O)C4=O)cc21. The van der Waals surface area contributed by atoms with Crippen LogP contribution in [0.5, 0.6) is 0 Å². The molecule has 1 aromatic carbocycles. The minimum atomic E-state index is -0.669. The van der Waals surface area contributed by atoms with E-state index in [1.165, 1.54) is 11.0 Å². The van der Waals surface area contributed by atoms with E-state index in [0.717, 1.165) is 11.1 Å². The van der Waals surface area contributed by atoms with E-state index >= 15 is 0 Å². The van der Waals surface area contributed by atoms with E-state index in [1.54, 1.807) is 18.3 Å². The number of anilines is 1. The van der Waals surface area contributed by atoms with Gasteiger partial charge in [0.25, 0.3) is 5.91 Å². The lowest BCUT2D eigenvalue weighted by Gasteiger charge is -2.29. The number of hydrogen-bond donors (Lipinski definition) is 2. The Labute approximate surface area is 201 Å². The minimum absolute atomic E-state index is 0.0202. The predicted octanol–water partition coefficient (Wildman–Crippen LogP) is 2.45. The summed E-state index contributed by atoms with van der Waals surface area (Å²) in [7, 11) is 0. The highest BCUT2D eigenvalue weighted by molar-refractivity contribution is 6.05. The van der Waals surface area contributed by atoms with Gasteiger partial charge in [0.15, 0.2) is 5.43 Å². The standard InChI is InChI=1S/C26H27N5O4/c1-26(2,3)13-30-9-8-20(32)22-19(30)11-17(28-23(22)27)14-4-5-16-15(10-14)12-31(25(16)35)18-6-7-21(33)29-24(18)34/h4-5,8-11,18H,6-7,12-13H2,1-3H3,(H2,27,28)(H,29,33,34). The highest BCUT2D eigenvalue weighted by atomic mass is 16.2. The van der Waals surface area contributed by atoms with Crippen molar-refractivity contribution >= 4 is 34.4 Å². The van der Waals surface area contributed by atoms with E-state index in [2.05, 4.69) is 31.1 Å². The van der Waals surface area contributed by atoms with Crippen LogP contribution in [0.4, 0.5) is 5.82 Å². The van der Waals surface area contributed by atoms with Gasteiger partial charge in [0.2, 0.25) is 11.8 Å². The fourth-order valence-corrected chi connectivity index (χ4v) is 4.88. The fourth-order valence-electron chi connectivity index (χ4n) is 4.88. The zero-order valence-corrected chi connectivity index (χ0v) is 19.9. The number of nitrogen functional groups attached to an aromatic ring is 1. The molecular formula is C26H27N5O4. The van der Waals surface area contributed by atoms with Gasteiger partial charge in [-0.25, -0.2) is 4.98 Å². The van der Waals surface area contributed by atoms with Gasteiger partial charge in [-0.15, -0.1) is 0 Å². The van der Waals surface area contributed by atoms with Crippen LogP contribution in [0, 0.1) is 5.41 Å². The van der Waals surface area contributed by atoms with Crippen LogP contribution in [0.2, 0.25) is 0 Å². The number of rotatable bonds is 3. The van der Waals surface area contributed by atoms with Gasteiger partial charge in [-0.3, -0.25) is 24.5 Å². The zero-order valence-electron chi connectivity index (χ0n) is 19.9. The number of imide groups is 1. The Kier molecular flexibility index (Phi) is 5.23. The Morgan fingerprint density at radius 2 is 1.89 bits per heavy atom. The summed E-state index contributed by atoms with van der Waals surface area (Å²) in [6.45, 7) is 7.31. The number of piperidine rings is 1. The van der Waals surface area contributed by atoms with E-state index in [9.17, 15) is 19.2 Å². The minimum Gasteiger partial charge on any atom is -0.383 e. The first-order chi connectivity index (χ1) is 16.5. The molecule has 0 spiro atoms. The molecule has 3 amide bonds. The van der Waals surface area contributed by atoms with Crippen molar-refractivity contribution in [3.8, 4) is 11.3 Å². The summed E-state index contributed by atoms with van der Waals surface area (Å²) in [6.07, 6.45) is 2.29. The molecule has 0 bridgehead atoms. The summed E-state index contributed by atoms with van der Waals surface area (Å²) in [4.78, 5) is 55.4. The summed E-state index contributed by atoms with van der Waals surface area (Å²) < 4.78 is 2.01. The van der Waals surface area contributed by atoms with Crippen LogP contribution in [0.15, 0.2) is 41.3 Å². The van der Waals surface area contributed by atoms with E-state index < -0.39 is 11.9 Å². The molecule has 0 aliphatic carbocycles. The summed E-state index contributed by atoms with van der Waals surface area (Å²) in [6, 6.07) is 8.10. The lowest BCUT2D eigenvalue weighted by molar-refractivity contribution is -0.136. The maximum absolute atomic E-state index is 13.0. The smallest absolute Gasteiger partial charge is 0.255 e. The molecule has 2 aliphatic rings. The first-order valence-electron chi connectivity index (χ1n) is 11.6. The topological polar surface area (TPSA) is 127 Å². The normalized spacial score (nSPS) is 18.2. The Hall–Kier alpha value is -4.01. The fraction of sp³-hybridized carbons (Fsp3) is 0.346. The monoisotopic (exact) mass is 473 g/mol. The van der Waals surface area contributed by atoms with Crippen molar-refractivity contribution in [1.29, 1.82) is 0 Å². The maximum Gasteiger partial charge on any atom is 0.255 e. The first kappa shape index (κ1) is 22.8. The molecule has 9 nitrogen and oxygen atoms in total. The highest BCUT2D eigenvalue weighted by Gasteiger charge is 2.39. The van der Waals surface area contributed by atoms with Crippen molar-refractivity contribution in [2.75, 3.05) is 5.73 Å². The van der Waals surface area contributed by atoms with Crippen LogP contribution >= 0.6 is 0 Å². The van der Waals surface area contributed by atoms with Gasteiger partial charge in [0.1, 0.15) is 11.9 Å². The molecule has 3 N–H and O–H groups in total. The molecule has 4 heterocycles. The van der Waals surface area contributed by atoms with Gasteiger partial charge in [-0.1, -0.05) is 26.8 Å². The second-order valence-corrected chi connectivity index (χ2v) is 10.4. The molecule has 1 atom stereocenters. The number of aromatic nitrogens is 2. The molecule has 5 rings (SSSR count). The number of carbonyl (C=O) groups excluding carboxylic acids is 3. The third-order valence-corrected chi connectivity index (χ3v) is 6.45. The van der Waals surface area contributed by atoms with Gasteiger partial charge in [-0.05, 0) is 35.6 Å². The van der Waals surface area contributed by atoms with Gasteiger partial charge < -0.3 is 15.2 Å². The number of nitrogens with one attached hydrogen (secondary N) is 1. The maximum atomic E-state index is 13.0. The van der Waals surface area contributed by atoms with E-state index in [1.807, 2.05) is 16.7 Å². The molecule has 9 heteroatoms. The molecular weight excluding hydrogens is 446 g/mol. The molecule has 2 aromatic heterocycles. The Morgan fingerprint density at radius 3 is 2.60 bits per heavy atom. The highest BCUT2D eigenvalue weighted by Crippen LogP contribution is 2.32. The van der Waals surface area contributed by atoms with Crippen molar-refractivity contribution in [3.63, 3.8) is 0 Å². The Balaban J connectivity index is 1.54. The van der Waals surface area contributed by atoms with Crippen LogP contribution in [-0.2, 0) is 22.7 Å².